The van der Waals surface area contributed by atoms with Gasteiger partial charge in [0.15, 0.2) is 6.23 Å². The van der Waals surface area contributed by atoms with E-state index in [2.05, 4.69) is 10.1 Å². The number of ether oxygens (including phenoxy) is 2. The molecule has 3 rings (SSSR count). The lowest BCUT2D eigenvalue weighted by Gasteiger charge is -2.23. The molecule has 0 N–H and O–H groups in total. The van der Waals surface area contributed by atoms with E-state index in [9.17, 15) is 0 Å². The summed E-state index contributed by atoms with van der Waals surface area (Å²) in [7, 11) is 1.66. The third-order valence-corrected chi connectivity index (χ3v) is 3.10. The Morgan fingerprint density at radius 2 is 2.41 bits per heavy atom. The quantitative estimate of drug-likeness (QED) is 0.797. The van der Waals surface area contributed by atoms with Gasteiger partial charge in [-0.05, 0) is 19.3 Å². The Labute approximate surface area is 99.4 Å². The first-order valence-corrected chi connectivity index (χ1v) is 5.88. The molecule has 5 heteroatoms. The van der Waals surface area contributed by atoms with E-state index >= 15 is 0 Å². The highest BCUT2D eigenvalue weighted by Gasteiger charge is 2.20. The standard InChI is InChI=1S/C12H15N3O2/c1-16-10-5-6-13-9-8-14-15(12(9)10)11-4-2-3-7-17-11/h5-6,8,11H,2-4,7H2,1H3. The minimum Gasteiger partial charge on any atom is -0.494 e. The molecular formula is C12H15N3O2. The average molecular weight is 233 g/mol. The van der Waals surface area contributed by atoms with Crippen LogP contribution in [0.1, 0.15) is 25.5 Å². The zero-order chi connectivity index (χ0) is 11.7. The van der Waals surface area contributed by atoms with Gasteiger partial charge in [-0.15, -0.1) is 0 Å². The fourth-order valence-corrected chi connectivity index (χ4v) is 2.25. The van der Waals surface area contributed by atoms with Gasteiger partial charge < -0.3 is 9.47 Å². The minimum atomic E-state index is 0.0133. The van der Waals surface area contributed by atoms with Crippen molar-refractivity contribution < 1.29 is 9.47 Å². The van der Waals surface area contributed by atoms with E-state index in [-0.39, 0.29) is 6.23 Å². The summed E-state index contributed by atoms with van der Waals surface area (Å²) < 4.78 is 13.0. The molecule has 90 valence electrons. The predicted molar refractivity (Wildman–Crippen MR) is 62.9 cm³/mol. The minimum absolute atomic E-state index is 0.0133. The van der Waals surface area contributed by atoms with Crippen molar-refractivity contribution in [3.8, 4) is 5.75 Å². The van der Waals surface area contributed by atoms with Crippen LogP contribution in [0.15, 0.2) is 18.5 Å². The number of pyridine rings is 1. The molecular weight excluding hydrogens is 218 g/mol. The van der Waals surface area contributed by atoms with Crippen LogP contribution in [0.3, 0.4) is 0 Å². The molecule has 0 saturated carbocycles. The monoisotopic (exact) mass is 233 g/mol. The van der Waals surface area contributed by atoms with Gasteiger partial charge in [0.25, 0.3) is 0 Å². The number of aromatic nitrogens is 3. The first kappa shape index (κ1) is 10.5. The molecule has 0 aromatic carbocycles. The zero-order valence-corrected chi connectivity index (χ0v) is 9.80. The summed E-state index contributed by atoms with van der Waals surface area (Å²) in [4.78, 5) is 4.29. The van der Waals surface area contributed by atoms with Crippen molar-refractivity contribution in [2.24, 2.45) is 0 Å². The molecule has 1 atom stereocenters. The average Bonchev–Trinajstić information content (AvgIpc) is 2.83. The molecule has 0 aliphatic carbocycles. The lowest BCUT2D eigenvalue weighted by atomic mass is 10.2. The molecule has 2 aromatic rings. The van der Waals surface area contributed by atoms with Gasteiger partial charge in [0.05, 0.1) is 13.3 Å². The Morgan fingerprint density at radius 1 is 1.47 bits per heavy atom. The topological polar surface area (TPSA) is 49.2 Å². The van der Waals surface area contributed by atoms with Crippen LogP contribution >= 0.6 is 0 Å². The summed E-state index contributed by atoms with van der Waals surface area (Å²) in [5.41, 5.74) is 1.76. The normalized spacial score (nSPS) is 20.6. The van der Waals surface area contributed by atoms with Gasteiger partial charge in [-0.2, -0.15) is 5.10 Å². The van der Waals surface area contributed by atoms with Crippen LogP contribution in [0.25, 0.3) is 11.0 Å². The SMILES string of the molecule is COc1ccnc2cnn(C3CCCCO3)c12. The molecule has 0 radical (unpaired) electrons. The number of methoxy groups -OCH3 is 1. The molecule has 3 heterocycles. The third-order valence-electron chi connectivity index (χ3n) is 3.10. The first-order chi connectivity index (χ1) is 8.40. The highest BCUT2D eigenvalue weighted by atomic mass is 16.5. The van der Waals surface area contributed by atoms with Crippen LogP contribution in [-0.2, 0) is 4.74 Å². The Morgan fingerprint density at radius 3 is 3.18 bits per heavy atom. The molecule has 1 aliphatic rings. The van der Waals surface area contributed by atoms with E-state index < -0.39 is 0 Å². The molecule has 5 nitrogen and oxygen atoms in total. The second-order valence-corrected chi connectivity index (χ2v) is 4.16. The maximum absolute atomic E-state index is 5.75. The molecule has 1 fully saturated rings. The number of hydrogen-bond donors (Lipinski definition) is 0. The molecule has 1 saturated heterocycles. The van der Waals surface area contributed by atoms with Crippen molar-refractivity contribution >= 4 is 11.0 Å². The number of fused-ring (bicyclic) bond motifs is 1. The second kappa shape index (κ2) is 4.33. The Hall–Kier alpha value is -1.62. The molecule has 1 aliphatic heterocycles. The van der Waals surface area contributed by atoms with Gasteiger partial charge in [-0.1, -0.05) is 0 Å². The Balaban J connectivity index is 2.09. The van der Waals surface area contributed by atoms with Crippen LogP contribution in [0.5, 0.6) is 5.75 Å². The fraction of sp³-hybridized carbons (Fsp3) is 0.500. The summed E-state index contributed by atoms with van der Waals surface area (Å²) in [5.74, 6) is 0.793. The predicted octanol–water partition coefficient (Wildman–Crippen LogP) is 2.14. The van der Waals surface area contributed by atoms with Crippen LogP contribution in [-0.4, -0.2) is 28.5 Å². The summed E-state index contributed by atoms with van der Waals surface area (Å²) in [6, 6.07) is 1.85. The van der Waals surface area contributed by atoms with Crippen LogP contribution in [0.4, 0.5) is 0 Å². The molecule has 1 unspecified atom stereocenters. The highest BCUT2D eigenvalue weighted by Crippen LogP contribution is 2.30. The molecule has 0 spiro atoms. The molecule has 17 heavy (non-hydrogen) atoms. The molecule has 0 bridgehead atoms. The molecule has 2 aromatic heterocycles. The lowest BCUT2D eigenvalue weighted by Crippen LogP contribution is -2.19. The number of hydrogen-bond acceptors (Lipinski definition) is 4. The largest absolute Gasteiger partial charge is 0.494 e. The van der Waals surface area contributed by atoms with E-state index in [1.165, 1.54) is 6.42 Å². The van der Waals surface area contributed by atoms with Crippen molar-refractivity contribution in [3.63, 3.8) is 0 Å². The lowest BCUT2D eigenvalue weighted by molar-refractivity contribution is -0.0368. The van der Waals surface area contributed by atoms with Gasteiger partial charge in [0.1, 0.15) is 16.8 Å². The van der Waals surface area contributed by atoms with Crippen LogP contribution < -0.4 is 4.74 Å². The maximum Gasteiger partial charge on any atom is 0.151 e. The smallest absolute Gasteiger partial charge is 0.151 e. The van der Waals surface area contributed by atoms with Gasteiger partial charge >= 0.3 is 0 Å². The van der Waals surface area contributed by atoms with Crippen molar-refractivity contribution in [3.05, 3.63) is 18.5 Å². The van der Waals surface area contributed by atoms with Gasteiger partial charge in [0, 0.05) is 18.9 Å². The van der Waals surface area contributed by atoms with Crippen molar-refractivity contribution in [2.45, 2.75) is 25.5 Å². The Kier molecular flexibility index (Phi) is 2.68. The highest BCUT2D eigenvalue weighted by molar-refractivity contribution is 5.80. The van der Waals surface area contributed by atoms with Crippen LogP contribution in [0.2, 0.25) is 0 Å². The summed E-state index contributed by atoms with van der Waals surface area (Å²) >= 11 is 0. The third kappa shape index (κ3) is 1.76. The maximum atomic E-state index is 5.75. The first-order valence-electron chi connectivity index (χ1n) is 5.88. The van der Waals surface area contributed by atoms with Crippen LogP contribution in [0, 0.1) is 0 Å². The Bertz CT molecular complexity index is 517. The number of rotatable bonds is 2. The fourth-order valence-electron chi connectivity index (χ4n) is 2.25. The number of nitrogens with zero attached hydrogens (tertiary/aromatic N) is 3. The molecule has 0 amide bonds. The van der Waals surface area contributed by atoms with Gasteiger partial charge in [0.2, 0.25) is 0 Å². The van der Waals surface area contributed by atoms with E-state index in [4.69, 9.17) is 9.47 Å². The van der Waals surface area contributed by atoms with E-state index in [0.29, 0.717) is 0 Å². The van der Waals surface area contributed by atoms with Crippen molar-refractivity contribution in [1.29, 1.82) is 0 Å². The van der Waals surface area contributed by atoms with Crippen molar-refractivity contribution in [2.75, 3.05) is 13.7 Å². The van der Waals surface area contributed by atoms with E-state index in [1.54, 1.807) is 19.5 Å². The van der Waals surface area contributed by atoms with Crippen molar-refractivity contribution in [1.82, 2.24) is 14.8 Å². The van der Waals surface area contributed by atoms with E-state index in [0.717, 1.165) is 36.2 Å². The zero-order valence-electron chi connectivity index (χ0n) is 9.80. The summed E-state index contributed by atoms with van der Waals surface area (Å²) in [5, 5.41) is 4.38. The second-order valence-electron chi connectivity index (χ2n) is 4.16. The van der Waals surface area contributed by atoms with Gasteiger partial charge in [-0.25, -0.2) is 4.68 Å². The summed E-state index contributed by atoms with van der Waals surface area (Å²) in [6.07, 6.45) is 6.80. The van der Waals surface area contributed by atoms with Gasteiger partial charge in [-0.3, -0.25) is 4.98 Å². The summed E-state index contributed by atoms with van der Waals surface area (Å²) in [6.45, 7) is 0.800. The van der Waals surface area contributed by atoms with E-state index in [1.807, 2.05) is 10.7 Å².